The molecule has 0 atom stereocenters. The van der Waals surface area contributed by atoms with Crippen LogP contribution in [0.1, 0.15) is 27.0 Å². The van der Waals surface area contributed by atoms with Gasteiger partial charge in [-0.1, -0.05) is 47.5 Å². The minimum atomic E-state index is -0.348. The SMILES string of the molecule is CN/C=C(\C=N)c1cc(Cl)c(C(=O)N2COc3c(cccc3-c3ccc(C#N)c(N4CCOCC4)c3)C2)c(Cl)c1. The molecule has 0 spiro atoms. The van der Waals surface area contributed by atoms with E-state index in [0.29, 0.717) is 42.2 Å². The van der Waals surface area contributed by atoms with Gasteiger partial charge in [-0.05, 0) is 35.4 Å². The van der Waals surface area contributed by atoms with Gasteiger partial charge in [0.1, 0.15) is 11.8 Å². The summed E-state index contributed by atoms with van der Waals surface area (Å²) in [6, 6.07) is 17.2. The highest BCUT2D eigenvalue weighted by atomic mass is 35.5. The number of hydrogen-bond acceptors (Lipinski definition) is 7. The van der Waals surface area contributed by atoms with Gasteiger partial charge >= 0.3 is 0 Å². The number of morpholine rings is 1. The lowest BCUT2D eigenvalue weighted by Crippen LogP contribution is -2.37. The Morgan fingerprint density at radius 3 is 2.55 bits per heavy atom. The highest BCUT2D eigenvalue weighted by Gasteiger charge is 2.28. The molecule has 3 aromatic carbocycles. The van der Waals surface area contributed by atoms with Gasteiger partial charge < -0.3 is 30.0 Å². The number of rotatable bonds is 6. The first-order chi connectivity index (χ1) is 19.4. The molecule has 8 nitrogen and oxygen atoms in total. The summed E-state index contributed by atoms with van der Waals surface area (Å²) in [6.45, 7) is 3.02. The molecule has 0 bridgehead atoms. The minimum Gasteiger partial charge on any atom is -0.472 e. The summed E-state index contributed by atoms with van der Waals surface area (Å²) in [4.78, 5) is 17.3. The molecule has 0 aliphatic carbocycles. The third-order valence-electron chi connectivity index (χ3n) is 6.94. The van der Waals surface area contributed by atoms with Crippen molar-refractivity contribution in [1.29, 1.82) is 10.7 Å². The Balaban J connectivity index is 1.43. The van der Waals surface area contributed by atoms with Crippen LogP contribution >= 0.6 is 23.2 Å². The molecule has 3 aromatic rings. The number of halogens is 2. The van der Waals surface area contributed by atoms with Crippen molar-refractivity contribution in [3.8, 4) is 22.9 Å². The van der Waals surface area contributed by atoms with Crippen molar-refractivity contribution in [2.75, 3.05) is 45.0 Å². The molecular formula is C30H27Cl2N5O3. The quantitative estimate of drug-likeness (QED) is 0.372. The average Bonchev–Trinajstić information content (AvgIpc) is 2.98. The van der Waals surface area contributed by atoms with Crippen LogP contribution in [0.25, 0.3) is 16.7 Å². The maximum atomic E-state index is 13.5. The molecule has 0 aromatic heterocycles. The lowest BCUT2D eigenvalue weighted by molar-refractivity contribution is 0.0516. The van der Waals surface area contributed by atoms with Crippen molar-refractivity contribution in [2.45, 2.75) is 6.54 Å². The van der Waals surface area contributed by atoms with Gasteiger partial charge in [-0.3, -0.25) is 4.79 Å². The second kappa shape index (κ2) is 12.0. The minimum absolute atomic E-state index is 0.0231. The molecule has 2 heterocycles. The first-order valence-corrected chi connectivity index (χ1v) is 13.5. The van der Waals surface area contributed by atoms with Gasteiger partial charge in [-0.15, -0.1) is 0 Å². The van der Waals surface area contributed by atoms with E-state index in [9.17, 15) is 10.1 Å². The molecule has 10 heteroatoms. The van der Waals surface area contributed by atoms with E-state index in [-0.39, 0.29) is 28.2 Å². The summed E-state index contributed by atoms with van der Waals surface area (Å²) < 4.78 is 11.7. The number of para-hydroxylation sites is 1. The van der Waals surface area contributed by atoms with Gasteiger partial charge in [0.25, 0.3) is 5.91 Å². The van der Waals surface area contributed by atoms with Crippen molar-refractivity contribution >= 4 is 46.6 Å². The van der Waals surface area contributed by atoms with Crippen LogP contribution in [0.5, 0.6) is 5.75 Å². The smallest absolute Gasteiger partial charge is 0.259 e. The number of fused-ring (bicyclic) bond motifs is 1. The first-order valence-electron chi connectivity index (χ1n) is 12.7. The number of hydrogen-bond donors (Lipinski definition) is 2. The standard InChI is InChI=1S/C30H27Cl2N5O3/c1-35-16-23(15-34)22-11-25(31)28(26(32)12-22)30(38)37-17-21-3-2-4-24(29(21)40-18-37)19-5-6-20(14-33)27(13-19)36-7-9-39-10-8-36/h2-6,11-13,15-16,34-35H,7-10,17-18H2,1H3/b23-16+,34-15?. The van der Waals surface area contributed by atoms with Gasteiger partial charge in [0.2, 0.25) is 0 Å². The topological polar surface area (TPSA) is 102 Å². The molecule has 0 radical (unpaired) electrons. The van der Waals surface area contributed by atoms with E-state index < -0.39 is 0 Å². The van der Waals surface area contributed by atoms with Crippen molar-refractivity contribution in [3.05, 3.63) is 87.0 Å². The number of carbonyl (C=O) groups is 1. The highest BCUT2D eigenvalue weighted by Crippen LogP contribution is 2.39. The van der Waals surface area contributed by atoms with Crippen molar-refractivity contribution in [3.63, 3.8) is 0 Å². The lowest BCUT2D eigenvalue weighted by atomic mass is 9.97. The van der Waals surface area contributed by atoms with Crippen LogP contribution < -0.4 is 15.0 Å². The maximum Gasteiger partial charge on any atom is 0.259 e. The molecule has 0 saturated carbocycles. The number of anilines is 1. The van der Waals surface area contributed by atoms with Gasteiger partial charge in [-0.25, -0.2) is 0 Å². The molecule has 2 aliphatic rings. The number of benzene rings is 3. The van der Waals surface area contributed by atoms with Crippen LogP contribution in [0.4, 0.5) is 5.69 Å². The van der Waals surface area contributed by atoms with Crippen molar-refractivity contribution < 1.29 is 14.3 Å². The van der Waals surface area contributed by atoms with Gasteiger partial charge in [0, 0.05) is 49.3 Å². The molecule has 1 saturated heterocycles. The normalized spacial score (nSPS) is 15.1. The second-order valence-electron chi connectivity index (χ2n) is 9.36. The molecular weight excluding hydrogens is 549 g/mol. The van der Waals surface area contributed by atoms with Crippen LogP contribution in [0, 0.1) is 16.7 Å². The fourth-order valence-electron chi connectivity index (χ4n) is 4.96. The summed E-state index contributed by atoms with van der Waals surface area (Å²) in [5.41, 5.74) is 5.54. The number of allylic oxidation sites excluding steroid dienone is 1. The molecule has 1 amide bonds. The Labute approximate surface area is 242 Å². The molecule has 40 heavy (non-hydrogen) atoms. The van der Waals surface area contributed by atoms with Crippen molar-refractivity contribution in [2.24, 2.45) is 0 Å². The van der Waals surface area contributed by atoms with E-state index in [1.54, 1.807) is 30.3 Å². The van der Waals surface area contributed by atoms with Crippen LogP contribution in [-0.4, -0.2) is 57.1 Å². The van der Waals surface area contributed by atoms with Crippen LogP contribution in [0.15, 0.2) is 54.7 Å². The number of amides is 1. The van der Waals surface area contributed by atoms with Crippen LogP contribution in [0.2, 0.25) is 10.0 Å². The van der Waals surface area contributed by atoms with E-state index in [4.69, 9.17) is 38.1 Å². The van der Waals surface area contributed by atoms with Gasteiger partial charge in [-0.2, -0.15) is 5.26 Å². The summed E-state index contributed by atoms with van der Waals surface area (Å²) in [5, 5.41) is 20.6. The van der Waals surface area contributed by atoms with E-state index >= 15 is 0 Å². The molecule has 0 unspecified atom stereocenters. The zero-order valence-electron chi connectivity index (χ0n) is 21.8. The fourth-order valence-corrected chi connectivity index (χ4v) is 5.61. The highest BCUT2D eigenvalue weighted by molar-refractivity contribution is 6.40. The average molecular weight is 576 g/mol. The lowest BCUT2D eigenvalue weighted by Gasteiger charge is -2.32. The van der Waals surface area contributed by atoms with E-state index in [1.165, 1.54) is 6.21 Å². The summed E-state index contributed by atoms with van der Waals surface area (Å²) in [5.74, 6) is 0.351. The molecule has 1 fully saturated rings. The third kappa shape index (κ3) is 5.36. The van der Waals surface area contributed by atoms with E-state index in [0.717, 1.165) is 35.5 Å². The van der Waals surface area contributed by atoms with Crippen molar-refractivity contribution in [1.82, 2.24) is 10.2 Å². The zero-order chi connectivity index (χ0) is 28.2. The monoisotopic (exact) mass is 575 g/mol. The van der Waals surface area contributed by atoms with Crippen LogP contribution in [-0.2, 0) is 11.3 Å². The predicted octanol–water partition coefficient (Wildman–Crippen LogP) is 5.57. The molecule has 204 valence electrons. The first kappa shape index (κ1) is 27.5. The summed E-state index contributed by atoms with van der Waals surface area (Å²) in [7, 11) is 1.73. The number of ether oxygens (including phenoxy) is 2. The Morgan fingerprint density at radius 2 is 1.88 bits per heavy atom. The Bertz CT molecular complexity index is 1520. The molecule has 5 rings (SSSR count). The Hall–Kier alpha value is -4.03. The fraction of sp³-hybridized carbons (Fsp3) is 0.233. The van der Waals surface area contributed by atoms with E-state index in [1.807, 2.05) is 36.4 Å². The third-order valence-corrected chi connectivity index (χ3v) is 7.53. The number of nitrogens with zero attached hydrogens (tertiary/aromatic N) is 3. The summed E-state index contributed by atoms with van der Waals surface area (Å²) in [6.07, 6.45) is 2.84. The van der Waals surface area contributed by atoms with Gasteiger partial charge in [0.15, 0.2) is 6.73 Å². The van der Waals surface area contributed by atoms with Crippen LogP contribution in [0.3, 0.4) is 0 Å². The maximum absolute atomic E-state index is 13.5. The Morgan fingerprint density at radius 1 is 1.12 bits per heavy atom. The largest absolute Gasteiger partial charge is 0.472 e. The van der Waals surface area contributed by atoms with Gasteiger partial charge in [0.05, 0.1) is 46.6 Å². The predicted molar refractivity (Wildman–Crippen MR) is 157 cm³/mol. The zero-order valence-corrected chi connectivity index (χ0v) is 23.4. The number of nitriles is 1. The molecule has 2 N–H and O–H groups in total. The second-order valence-corrected chi connectivity index (χ2v) is 10.2. The Kier molecular flexibility index (Phi) is 8.27. The summed E-state index contributed by atoms with van der Waals surface area (Å²) >= 11 is 13.1. The molecule has 2 aliphatic heterocycles. The number of nitrogens with one attached hydrogen (secondary N) is 2. The number of carbonyl (C=O) groups excluding carboxylic acids is 1. The van der Waals surface area contributed by atoms with E-state index in [2.05, 4.69) is 16.3 Å².